The van der Waals surface area contributed by atoms with Crippen LogP contribution in [0, 0.1) is 0 Å². The molecular weight excluding hydrogens is 587 g/mol. The van der Waals surface area contributed by atoms with E-state index in [1.165, 1.54) is 55.7 Å². The minimum atomic E-state index is 0.340. The van der Waals surface area contributed by atoms with Gasteiger partial charge < -0.3 is 9.13 Å². The first-order valence-electron chi connectivity index (χ1n) is 17.3. The van der Waals surface area contributed by atoms with Crippen molar-refractivity contribution in [3.8, 4) is 33.9 Å². The third-order valence-corrected chi connectivity index (χ3v) is 11.1. The monoisotopic (exact) mass is 627 g/mol. The molecule has 0 fully saturated rings. The van der Waals surface area contributed by atoms with Crippen LogP contribution in [0.1, 0.15) is 48.4 Å². The normalized spacial score (nSPS) is 18.3. The van der Waals surface area contributed by atoms with Crippen molar-refractivity contribution in [2.24, 2.45) is 0 Å². The number of hydrogen-bond donors (Lipinski definition) is 0. The second kappa shape index (κ2) is 11.3. The van der Waals surface area contributed by atoms with Gasteiger partial charge in [0.15, 0.2) is 0 Å². The van der Waals surface area contributed by atoms with E-state index in [9.17, 15) is 0 Å². The molecule has 5 nitrogen and oxygen atoms in total. The van der Waals surface area contributed by atoms with Crippen LogP contribution in [0.15, 0.2) is 115 Å². The van der Waals surface area contributed by atoms with E-state index < -0.39 is 0 Å². The van der Waals surface area contributed by atoms with Crippen LogP contribution in [0.3, 0.4) is 0 Å². The lowest BCUT2D eigenvalue weighted by Gasteiger charge is -2.31. The zero-order chi connectivity index (χ0) is 32.5. The van der Waals surface area contributed by atoms with Gasteiger partial charge in [0.05, 0.1) is 22.4 Å². The highest BCUT2D eigenvalue weighted by atomic mass is 15.2. The maximum atomic E-state index is 5.30. The molecule has 0 N–H and O–H groups in total. The molecule has 7 aromatic rings. The van der Waals surface area contributed by atoms with Gasteiger partial charge in [-0.05, 0) is 113 Å². The molecule has 4 aromatic carbocycles. The number of likely N-dealkylation sites (N-methyl/N-ethyl adjacent to an activating group) is 2. The van der Waals surface area contributed by atoms with Crippen LogP contribution in [0.5, 0.6) is 0 Å². The topological polar surface area (TPSA) is 29.2 Å². The van der Waals surface area contributed by atoms with Crippen LogP contribution in [-0.4, -0.2) is 51.1 Å². The van der Waals surface area contributed by atoms with Gasteiger partial charge in [0.2, 0.25) is 0 Å². The lowest BCUT2D eigenvalue weighted by Crippen LogP contribution is -2.31. The highest BCUT2D eigenvalue weighted by Crippen LogP contribution is 2.42. The number of fused-ring (bicyclic) bond motifs is 6. The predicted octanol–water partition coefficient (Wildman–Crippen LogP) is 9.40. The standard InChI is InChI=1S/C43H41N5/c1-28-42-34(22-24-45(28)3)36-26-30(18-20-40(36)47(42)32-12-7-5-8-13-32)38-16-11-17-39(44-38)31-19-21-41-37(27-31)35-23-25-46(4)29(2)43(35)48(41)33-14-9-6-10-15-33/h5-21,26-29H,22-25H2,1-4H3. The molecular formula is C43H41N5. The summed E-state index contributed by atoms with van der Waals surface area (Å²) in [6.07, 6.45) is 2.09. The van der Waals surface area contributed by atoms with Gasteiger partial charge >= 0.3 is 0 Å². The molecule has 0 aliphatic carbocycles. The smallest absolute Gasteiger partial charge is 0.0709 e. The van der Waals surface area contributed by atoms with Crippen LogP contribution in [0.2, 0.25) is 0 Å². The molecule has 0 spiro atoms. The first-order valence-corrected chi connectivity index (χ1v) is 17.3. The zero-order valence-corrected chi connectivity index (χ0v) is 28.2. The van der Waals surface area contributed by atoms with Crippen molar-refractivity contribution >= 4 is 21.8 Å². The summed E-state index contributed by atoms with van der Waals surface area (Å²) < 4.78 is 4.96. The quantitative estimate of drug-likeness (QED) is 0.195. The Morgan fingerprint density at radius 1 is 0.521 bits per heavy atom. The van der Waals surface area contributed by atoms with E-state index in [0.717, 1.165) is 48.4 Å². The Morgan fingerprint density at radius 3 is 1.40 bits per heavy atom. The molecule has 238 valence electrons. The van der Waals surface area contributed by atoms with E-state index >= 15 is 0 Å². The average molecular weight is 628 g/mol. The van der Waals surface area contributed by atoms with E-state index in [4.69, 9.17) is 4.98 Å². The highest BCUT2D eigenvalue weighted by Gasteiger charge is 2.30. The molecule has 5 heterocycles. The van der Waals surface area contributed by atoms with Crippen LogP contribution in [-0.2, 0) is 12.8 Å². The first-order chi connectivity index (χ1) is 23.5. The Balaban J connectivity index is 1.16. The summed E-state index contributed by atoms with van der Waals surface area (Å²) in [4.78, 5) is 10.2. The van der Waals surface area contributed by atoms with Crippen LogP contribution in [0.25, 0.3) is 55.7 Å². The molecule has 2 atom stereocenters. The molecule has 2 unspecified atom stereocenters. The summed E-state index contributed by atoms with van der Waals surface area (Å²) in [6.45, 7) is 6.80. The average Bonchev–Trinajstić information content (AvgIpc) is 3.65. The van der Waals surface area contributed by atoms with Gasteiger partial charge in [-0.1, -0.05) is 54.6 Å². The van der Waals surface area contributed by atoms with E-state index in [-0.39, 0.29) is 0 Å². The number of para-hydroxylation sites is 2. The Labute approximate surface area is 282 Å². The Kier molecular flexibility index (Phi) is 6.89. The fourth-order valence-corrected chi connectivity index (χ4v) is 8.32. The second-order valence-corrected chi connectivity index (χ2v) is 13.8. The summed E-state index contributed by atoms with van der Waals surface area (Å²) in [7, 11) is 4.48. The first kappa shape index (κ1) is 29.2. The van der Waals surface area contributed by atoms with Crippen molar-refractivity contribution in [1.29, 1.82) is 0 Å². The van der Waals surface area contributed by atoms with Crippen molar-refractivity contribution in [2.45, 2.75) is 38.8 Å². The molecule has 0 amide bonds. The van der Waals surface area contributed by atoms with Gasteiger partial charge in [0.25, 0.3) is 0 Å². The third kappa shape index (κ3) is 4.49. The van der Waals surface area contributed by atoms with Crippen LogP contribution >= 0.6 is 0 Å². The molecule has 9 rings (SSSR count). The third-order valence-electron chi connectivity index (χ3n) is 11.1. The maximum Gasteiger partial charge on any atom is 0.0709 e. The number of aromatic nitrogens is 3. The number of rotatable bonds is 4. The van der Waals surface area contributed by atoms with Crippen molar-refractivity contribution in [1.82, 2.24) is 23.9 Å². The van der Waals surface area contributed by atoms with Crippen molar-refractivity contribution in [3.63, 3.8) is 0 Å². The summed E-state index contributed by atoms with van der Waals surface area (Å²) in [5.41, 5.74) is 15.1. The Morgan fingerprint density at radius 2 is 0.958 bits per heavy atom. The molecule has 2 aliphatic rings. The predicted molar refractivity (Wildman–Crippen MR) is 198 cm³/mol. The lowest BCUT2D eigenvalue weighted by atomic mass is 9.97. The molecule has 0 saturated carbocycles. The minimum Gasteiger partial charge on any atom is -0.312 e. The number of benzene rings is 4. The van der Waals surface area contributed by atoms with Gasteiger partial charge in [-0.3, -0.25) is 9.80 Å². The Bertz CT molecular complexity index is 2150. The summed E-state index contributed by atoms with van der Waals surface area (Å²) in [5, 5.41) is 2.68. The van der Waals surface area contributed by atoms with Gasteiger partial charge in [-0.25, -0.2) is 4.98 Å². The number of hydrogen-bond acceptors (Lipinski definition) is 3. The maximum absolute atomic E-state index is 5.30. The summed E-state index contributed by atoms with van der Waals surface area (Å²) in [6, 6.07) is 42.7. The summed E-state index contributed by atoms with van der Waals surface area (Å²) >= 11 is 0. The summed E-state index contributed by atoms with van der Waals surface area (Å²) in [5.74, 6) is 0. The fourth-order valence-electron chi connectivity index (χ4n) is 8.32. The van der Waals surface area contributed by atoms with Crippen LogP contribution in [0.4, 0.5) is 0 Å². The molecule has 5 heteroatoms. The van der Waals surface area contributed by atoms with Gasteiger partial charge in [0.1, 0.15) is 0 Å². The van der Waals surface area contributed by atoms with Gasteiger partial charge in [-0.2, -0.15) is 0 Å². The number of pyridine rings is 1. The van der Waals surface area contributed by atoms with Crippen LogP contribution < -0.4 is 0 Å². The molecule has 0 bridgehead atoms. The fraction of sp³-hybridized carbons (Fsp3) is 0.233. The molecule has 3 aromatic heterocycles. The molecule has 2 aliphatic heterocycles. The molecule has 48 heavy (non-hydrogen) atoms. The van der Waals surface area contributed by atoms with E-state index in [1.807, 2.05) is 0 Å². The van der Waals surface area contributed by atoms with Crippen molar-refractivity contribution in [2.75, 3.05) is 27.2 Å². The highest BCUT2D eigenvalue weighted by molar-refractivity contribution is 5.93. The van der Waals surface area contributed by atoms with Gasteiger partial charge in [0, 0.05) is 69.8 Å². The van der Waals surface area contributed by atoms with E-state index in [1.54, 1.807) is 0 Å². The number of nitrogens with zero attached hydrogens (tertiary/aromatic N) is 5. The lowest BCUT2D eigenvalue weighted by molar-refractivity contribution is 0.241. The van der Waals surface area contributed by atoms with Crippen molar-refractivity contribution in [3.05, 3.63) is 138 Å². The zero-order valence-electron chi connectivity index (χ0n) is 28.2. The van der Waals surface area contributed by atoms with Gasteiger partial charge in [-0.15, -0.1) is 0 Å². The van der Waals surface area contributed by atoms with Crippen molar-refractivity contribution < 1.29 is 0 Å². The molecule has 0 saturated heterocycles. The molecule has 0 radical (unpaired) electrons. The Hall–Kier alpha value is -4.97. The largest absolute Gasteiger partial charge is 0.312 e. The van der Waals surface area contributed by atoms with E-state index in [2.05, 4.69) is 162 Å². The SMILES string of the molecule is CC1c2c(c3cc(-c4cccc(-c5ccc6c(c5)c5c(n6-c6ccccc6)C(C)N(C)CC5)n4)ccc3n2-c2ccccc2)CCN1C. The minimum absolute atomic E-state index is 0.340. The second-order valence-electron chi connectivity index (χ2n) is 13.8. The van der Waals surface area contributed by atoms with E-state index in [0.29, 0.717) is 12.1 Å².